The van der Waals surface area contributed by atoms with Crippen LogP contribution in [0.15, 0.2) is 24.3 Å². The summed E-state index contributed by atoms with van der Waals surface area (Å²) in [5.41, 5.74) is 5.38. The van der Waals surface area contributed by atoms with Crippen LogP contribution < -0.4 is 10.6 Å². The molecule has 1 heterocycles. The maximum Gasteiger partial charge on any atom is 0.315 e. The topological polar surface area (TPSA) is 79.2 Å². The highest BCUT2D eigenvalue weighted by Crippen LogP contribution is 2.30. The first-order valence-electron chi connectivity index (χ1n) is 8.26. The lowest BCUT2D eigenvalue weighted by molar-refractivity contribution is 0.142. The summed E-state index contributed by atoms with van der Waals surface area (Å²) < 4.78 is 1.86. The normalized spacial score (nSPS) is 19.2. The molecule has 0 saturated heterocycles. The molecule has 24 heavy (non-hydrogen) atoms. The number of benzene rings is 1. The van der Waals surface area contributed by atoms with Gasteiger partial charge in [0.05, 0.1) is 17.8 Å². The predicted molar refractivity (Wildman–Crippen MR) is 91.8 cm³/mol. The number of hydrogen-bond acceptors (Lipinski definition) is 3. The summed E-state index contributed by atoms with van der Waals surface area (Å²) in [7, 11) is 1.92. The van der Waals surface area contributed by atoms with Crippen molar-refractivity contribution in [2.24, 2.45) is 7.05 Å². The van der Waals surface area contributed by atoms with Gasteiger partial charge >= 0.3 is 6.03 Å². The van der Waals surface area contributed by atoms with E-state index in [2.05, 4.69) is 15.7 Å². The average Bonchev–Trinajstić information content (AvgIpc) is 2.98. The number of rotatable bonds is 4. The quantitative estimate of drug-likeness (QED) is 0.796. The van der Waals surface area contributed by atoms with Crippen LogP contribution in [0.4, 0.5) is 4.79 Å². The van der Waals surface area contributed by atoms with Gasteiger partial charge in [-0.05, 0) is 37.0 Å². The van der Waals surface area contributed by atoms with Gasteiger partial charge in [-0.1, -0.05) is 24.3 Å². The Bertz CT molecular complexity index is 753. The number of urea groups is 1. The maximum absolute atomic E-state index is 12.2. The fourth-order valence-electron chi connectivity index (χ4n) is 3.42. The number of aliphatic hydroxyl groups is 1. The molecular weight excluding hydrogens is 304 g/mol. The molecule has 2 aromatic rings. The highest BCUT2D eigenvalue weighted by Gasteiger charge is 2.31. The van der Waals surface area contributed by atoms with Crippen molar-refractivity contribution in [1.82, 2.24) is 20.4 Å². The zero-order chi connectivity index (χ0) is 17.3. The molecule has 1 aromatic carbocycles. The van der Waals surface area contributed by atoms with E-state index < -0.39 is 6.10 Å². The first-order valence-corrected chi connectivity index (χ1v) is 8.26. The maximum atomic E-state index is 12.2. The molecule has 128 valence electrons. The van der Waals surface area contributed by atoms with Gasteiger partial charge < -0.3 is 15.7 Å². The Morgan fingerprint density at radius 1 is 1.38 bits per heavy atom. The van der Waals surface area contributed by atoms with Crippen LogP contribution in [0.2, 0.25) is 0 Å². The number of nitrogens with one attached hydrogen (secondary N) is 2. The van der Waals surface area contributed by atoms with Gasteiger partial charge in [-0.25, -0.2) is 4.79 Å². The van der Waals surface area contributed by atoms with E-state index in [1.54, 1.807) is 0 Å². The van der Waals surface area contributed by atoms with Crippen LogP contribution in [0.5, 0.6) is 0 Å². The second kappa shape index (κ2) is 6.65. The molecule has 1 aliphatic carbocycles. The minimum Gasteiger partial charge on any atom is -0.390 e. The van der Waals surface area contributed by atoms with E-state index >= 15 is 0 Å². The SMILES string of the molecule is Cc1nn(C)c(C)c1CCNC(=O)NC1c2ccccc2CC1O. The molecular formula is C18H24N4O2. The van der Waals surface area contributed by atoms with E-state index in [4.69, 9.17) is 0 Å². The zero-order valence-electron chi connectivity index (χ0n) is 14.3. The van der Waals surface area contributed by atoms with E-state index in [1.807, 2.05) is 49.8 Å². The summed E-state index contributed by atoms with van der Waals surface area (Å²) in [4.78, 5) is 12.2. The van der Waals surface area contributed by atoms with Crippen molar-refractivity contribution in [3.8, 4) is 0 Å². The zero-order valence-corrected chi connectivity index (χ0v) is 14.3. The molecule has 0 spiro atoms. The Kier molecular flexibility index (Phi) is 4.57. The number of carbonyl (C=O) groups excluding carboxylic acids is 1. The number of fused-ring (bicyclic) bond motifs is 1. The Morgan fingerprint density at radius 3 is 2.83 bits per heavy atom. The molecule has 3 rings (SSSR count). The summed E-state index contributed by atoms with van der Waals surface area (Å²) in [5, 5.41) is 20.3. The fraction of sp³-hybridized carbons (Fsp3) is 0.444. The molecule has 2 amide bonds. The third kappa shape index (κ3) is 3.14. The summed E-state index contributed by atoms with van der Waals surface area (Å²) >= 11 is 0. The predicted octanol–water partition coefficient (Wildman–Crippen LogP) is 1.54. The number of hydrogen-bond donors (Lipinski definition) is 3. The van der Waals surface area contributed by atoms with Gasteiger partial charge in [0.25, 0.3) is 0 Å². The van der Waals surface area contributed by atoms with Gasteiger partial charge in [0.2, 0.25) is 0 Å². The van der Waals surface area contributed by atoms with Gasteiger partial charge in [0, 0.05) is 25.7 Å². The molecule has 6 nitrogen and oxygen atoms in total. The van der Waals surface area contributed by atoms with Crippen LogP contribution in [0.3, 0.4) is 0 Å². The van der Waals surface area contributed by atoms with Gasteiger partial charge in [0.15, 0.2) is 0 Å². The highest BCUT2D eigenvalue weighted by atomic mass is 16.3. The third-order valence-corrected chi connectivity index (χ3v) is 4.81. The Morgan fingerprint density at radius 2 is 2.12 bits per heavy atom. The number of amides is 2. The summed E-state index contributed by atoms with van der Waals surface area (Å²) in [5.74, 6) is 0. The Hall–Kier alpha value is -2.34. The van der Waals surface area contributed by atoms with E-state index in [0.717, 1.165) is 28.9 Å². The van der Waals surface area contributed by atoms with Crippen molar-refractivity contribution in [2.45, 2.75) is 38.8 Å². The number of nitrogens with zero attached hydrogens (tertiary/aromatic N) is 2. The molecule has 0 saturated carbocycles. The first kappa shape index (κ1) is 16.5. The van der Waals surface area contributed by atoms with Crippen LogP contribution in [0.25, 0.3) is 0 Å². The fourth-order valence-corrected chi connectivity index (χ4v) is 3.42. The minimum atomic E-state index is -0.573. The lowest BCUT2D eigenvalue weighted by Gasteiger charge is -2.18. The van der Waals surface area contributed by atoms with Crippen LogP contribution in [-0.4, -0.2) is 33.6 Å². The lowest BCUT2D eigenvalue weighted by Crippen LogP contribution is -2.41. The molecule has 1 aliphatic rings. The Labute approximate surface area is 141 Å². The van der Waals surface area contributed by atoms with Crippen molar-refractivity contribution in [2.75, 3.05) is 6.54 Å². The summed E-state index contributed by atoms with van der Waals surface area (Å²) in [6.07, 6.45) is 0.744. The Balaban J connectivity index is 1.55. The minimum absolute atomic E-state index is 0.255. The number of aliphatic hydroxyl groups excluding tert-OH is 1. The molecule has 3 N–H and O–H groups in total. The summed E-state index contributed by atoms with van der Waals surface area (Å²) in [6.45, 7) is 4.54. The summed E-state index contributed by atoms with van der Waals surface area (Å²) in [6, 6.07) is 7.23. The number of aryl methyl sites for hydroxylation is 2. The second-order valence-corrected chi connectivity index (χ2v) is 6.37. The van der Waals surface area contributed by atoms with Gasteiger partial charge in [-0.3, -0.25) is 4.68 Å². The van der Waals surface area contributed by atoms with Gasteiger partial charge in [-0.2, -0.15) is 5.10 Å². The molecule has 0 aliphatic heterocycles. The van der Waals surface area contributed by atoms with Crippen LogP contribution >= 0.6 is 0 Å². The van der Waals surface area contributed by atoms with Crippen molar-refractivity contribution in [3.05, 3.63) is 52.3 Å². The molecule has 2 atom stereocenters. The van der Waals surface area contributed by atoms with E-state index in [-0.39, 0.29) is 12.1 Å². The van der Waals surface area contributed by atoms with Crippen LogP contribution in [0.1, 0.15) is 34.1 Å². The van der Waals surface area contributed by atoms with Crippen molar-refractivity contribution in [3.63, 3.8) is 0 Å². The molecule has 2 unspecified atom stereocenters. The highest BCUT2D eigenvalue weighted by molar-refractivity contribution is 5.74. The van der Waals surface area contributed by atoms with Crippen molar-refractivity contribution >= 4 is 6.03 Å². The molecule has 0 radical (unpaired) electrons. The molecule has 6 heteroatoms. The van der Waals surface area contributed by atoms with E-state index in [9.17, 15) is 9.90 Å². The van der Waals surface area contributed by atoms with Crippen molar-refractivity contribution in [1.29, 1.82) is 0 Å². The smallest absolute Gasteiger partial charge is 0.315 e. The molecule has 0 fully saturated rings. The van der Waals surface area contributed by atoms with Gasteiger partial charge in [-0.15, -0.1) is 0 Å². The molecule has 1 aromatic heterocycles. The number of aromatic nitrogens is 2. The average molecular weight is 328 g/mol. The number of carbonyl (C=O) groups is 1. The van der Waals surface area contributed by atoms with E-state index in [1.165, 1.54) is 5.56 Å². The van der Waals surface area contributed by atoms with Crippen molar-refractivity contribution < 1.29 is 9.90 Å². The monoisotopic (exact) mass is 328 g/mol. The largest absolute Gasteiger partial charge is 0.390 e. The second-order valence-electron chi connectivity index (χ2n) is 6.37. The first-order chi connectivity index (χ1) is 11.5. The van der Waals surface area contributed by atoms with Gasteiger partial charge in [0.1, 0.15) is 0 Å². The lowest BCUT2D eigenvalue weighted by atomic mass is 10.1. The standard InChI is InChI=1S/C18H24N4O2/c1-11-14(12(2)22(3)21-11)8-9-19-18(24)20-17-15-7-5-4-6-13(15)10-16(17)23/h4-7,16-17,23H,8-10H2,1-3H3,(H2,19,20,24). The van der Waals surface area contributed by atoms with Crippen LogP contribution in [0, 0.1) is 13.8 Å². The molecule has 0 bridgehead atoms. The van der Waals surface area contributed by atoms with E-state index in [0.29, 0.717) is 13.0 Å². The third-order valence-electron chi connectivity index (χ3n) is 4.81. The van der Waals surface area contributed by atoms with Crippen LogP contribution in [-0.2, 0) is 19.9 Å².